The number of carbonyl (C=O) groups is 1. The van der Waals surface area contributed by atoms with Crippen molar-refractivity contribution in [2.24, 2.45) is 15.1 Å². The van der Waals surface area contributed by atoms with Crippen molar-refractivity contribution in [1.82, 2.24) is 16.1 Å². The normalized spacial score (nSPS) is 13.0. The smallest absolute Gasteiger partial charge is 0.239 e. The van der Waals surface area contributed by atoms with Gasteiger partial charge in [0.1, 0.15) is 18.2 Å². The number of amidine groups is 2. The van der Waals surface area contributed by atoms with Gasteiger partial charge in [0.2, 0.25) is 5.91 Å². The van der Waals surface area contributed by atoms with E-state index in [4.69, 9.17) is 16.3 Å². The first kappa shape index (κ1) is 38.6. The minimum Gasteiger partial charge on any atom is -0.490 e. The summed E-state index contributed by atoms with van der Waals surface area (Å²) in [4.78, 5) is 20.9. The molecule has 0 spiro atoms. The average Bonchev–Trinajstić information content (AvgIpc) is 3.06. The van der Waals surface area contributed by atoms with Crippen LogP contribution >= 0.6 is 11.6 Å². The zero-order valence-corrected chi connectivity index (χ0v) is 28.3. The maximum absolute atomic E-state index is 12.6. The molecule has 9 heteroatoms. The minimum atomic E-state index is -0.384. The highest BCUT2D eigenvalue weighted by Gasteiger charge is 2.19. The maximum atomic E-state index is 12.6. The molecule has 0 bridgehead atoms. The molecule has 3 N–H and O–H groups in total. The van der Waals surface area contributed by atoms with Gasteiger partial charge in [-0.2, -0.15) is 5.10 Å². The van der Waals surface area contributed by atoms with Crippen LogP contribution in [0.2, 0.25) is 5.02 Å². The van der Waals surface area contributed by atoms with Crippen LogP contribution in [0.5, 0.6) is 0 Å². The van der Waals surface area contributed by atoms with E-state index in [0.29, 0.717) is 31.0 Å². The first-order chi connectivity index (χ1) is 21.7. The highest BCUT2D eigenvalue weighted by Crippen LogP contribution is 2.16. The van der Waals surface area contributed by atoms with Gasteiger partial charge in [0.05, 0.1) is 18.4 Å². The highest BCUT2D eigenvalue weighted by molar-refractivity contribution is 6.30. The first-order valence-corrected chi connectivity index (χ1v) is 15.3. The maximum Gasteiger partial charge on any atom is 0.239 e. The summed E-state index contributed by atoms with van der Waals surface area (Å²) in [6.45, 7) is 16.1. The Hall–Kier alpha value is -4.43. The fourth-order valence-corrected chi connectivity index (χ4v) is 4.10. The Balaban J connectivity index is 0.000000768. The summed E-state index contributed by atoms with van der Waals surface area (Å²) in [6, 6.07) is 17.4. The topological polar surface area (TPSA) is 99.5 Å². The summed E-state index contributed by atoms with van der Waals surface area (Å²) < 4.78 is 5.71. The van der Waals surface area contributed by atoms with Crippen LogP contribution in [0, 0.1) is 0 Å². The summed E-state index contributed by atoms with van der Waals surface area (Å²) in [5.41, 5.74) is 7.50. The Morgan fingerprint density at radius 1 is 1.04 bits per heavy atom. The molecular formula is C36H49ClN6O2. The van der Waals surface area contributed by atoms with E-state index in [2.05, 4.69) is 57.4 Å². The molecule has 2 aromatic rings. The second-order valence-electron chi connectivity index (χ2n) is 9.85. The van der Waals surface area contributed by atoms with Gasteiger partial charge in [0, 0.05) is 32.3 Å². The fourth-order valence-electron chi connectivity index (χ4n) is 3.97. The third-order valence-corrected chi connectivity index (χ3v) is 6.97. The lowest BCUT2D eigenvalue weighted by atomic mass is 10.0. The molecule has 0 heterocycles. The van der Waals surface area contributed by atoms with Gasteiger partial charge in [-0.25, -0.2) is 0 Å². The van der Waals surface area contributed by atoms with Crippen molar-refractivity contribution in [1.29, 1.82) is 0 Å². The lowest BCUT2D eigenvalue weighted by molar-refractivity contribution is -0.120. The zero-order chi connectivity index (χ0) is 33.5. The number of halogens is 1. The Kier molecular flexibility index (Phi) is 19.7. The van der Waals surface area contributed by atoms with Crippen LogP contribution in [-0.2, 0) is 16.1 Å². The van der Waals surface area contributed by atoms with Gasteiger partial charge in [0.15, 0.2) is 0 Å². The molecule has 45 heavy (non-hydrogen) atoms. The second-order valence-corrected chi connectivity index (χ2v) is 10.3. The van der Waals surface area contributed by atoms with Crippen LogP contribution in [0.15, 0.2) is 112 Å². The summed E-state index contributed by atoms with van der Waals surface area (Å²) in [5, 5.41) is 10.6. The molecule has 0 saturated carbocycles. The number of hydrogen-bond donors (Lipinski definition) is 3. The molecule has 1 unspecified atom stereocenters. The number of aliphatic imine (C=N–C) groups is 2. The van der Waals surface area contributed by atoms with E-state index in [-0.39, 0.29) is 18.5 Å². The molecule has 242 valence electrons. The van der Waals surface area contributed by atoms with Crippen LogP contribution in [0.4, 0.5) is 0 Å². The van der Waals surface area contributed by atoms with Crippen molar-refractivity contribution in [2.75, 3.05) is 20.6 Å². The molecule has 1 amide bonds. The molecule has 0 fully saturated rings. The lowest BCUT2D eigenvalue weighted by Crippen LogP contribution is -2.48. The minimum absolute atomic E-state index is 0.124. The number of nitrogens with zero attached hydrogens (tertiary/aromatic N) is 3. The van der Waals surface area contributed by atoms with E-state index < -0.39 is 0 Å². The van der Waals surface area contributed by atoms with E-state index in [1.165, 1.54) is 11.1 Å². The molecule has 0 radical (unpaired) electrons. The summed E-state index contributed by atoms with van der Waals surface area (Å²) in [7, 11) is 3.34. The lowest BCUT2D eigenvalue weighted by Gasteiger charge is -2.21. The summed E-state index contributed by atoms with van der Waals surface area (Å²) in [5.74, 6) is 1.73. The highest BCUT2D eigenvalue weighted by atomic mass is 35.5. The van der Waals surface area contributed by atoms with Crippen LogP contribution in [0.3, 0.4) is 0 Å². The first-order valence-electron chi connectivity index (χ1n) is 14.9. The Morgan fingerprint density at radius 2 is 1.73 bits per heavy atom. The SMILES string of the molecule is C/C=C(\C)c1ccc(Cl)cc1.C=NNC(=NC)C(C/C(=C/C)C/C=C\C(=C)OCc1ccccc1)NC(=O)CNC(CC)=NC. The summed E-state index contributed by atoms with van der Waals surface area (Å²) in [6.07, 6.45) is 9.94. The molecular weight excluding hydrogens is 584 g/mol. The van der Waals surface area contributed by atoms with Crippen molar-refractivity contribution in [3.8, 4) is 0 Å². The molecule has 0 saturated heterocycles. The van der Waals surface area contributed by atoms with E-state index in [0.717, 1.165) is 28.4 Å². The van der Waals surface area contributed by atoms with Crippen LogP contribution in [0.25, 0.3) is 5.57 Å². The molecule has 0 aliphatic heterocycles. The average molecular weight is 633 g/mol. The van der Waals surface area contributed by atoms with Crippen molar-refractivity contribution < 1.29 is 9.53 Å². The largest absolute Gasteiger partial charge is 0.490 e. The van der Waals surface area contributed by atoms with Gasteiger partial charge in [0.25, 0.3) is 0 Å². The van der Waals surface area contributed by atoms with Gasteiger partial charge in [-0.1, -0.05) is 91.4 Å². The second kappa shape index (κ2) is 23.0. The number of nitrogens with one attached hydrogen (secondary N) is 3. The van der Waals surface area contributed by atoms with Crippen LogP contribution in [0.1, 0.15) is 58.1 Å². The number of hydrogen-bond acceptors (Lipinski definition) is 5. The zero-order valence-electron chi connectivity index (χ0n) is 27.6. The molecule has 0 aliphatic carbocycles. The molecule has 2 rings (SSSR count). The Morgan fingerprint density at radius 3 is 2.29 bits per heavy atom. The van der Waals surface area contributed by atoms with Crippen molar-refractivity contribution in [3.05, 3.63) is 113 Å². The monoisotopic (exact) mass is 632 g/mol. The third kappa shape index (κ3) is 16.3. The van der Waals surface area contributed by atoms with E-state index in [1.54, 1.807) is 14.1 Å². The fraction of sp³-hybridized carbons (Fsp3) is 0.333. The van der Waals surface area contributed by atoms with Crippen LogP contribution in [-0.4, -0.2) is 51.0 Å². The number of allylic oxidation sites excluding steroid dienone is 5. The predicted molar refractivity (Wildman–Crippen MR) is 193 cm³/mol. The standard InChI is InChI=1S/C26H38N6O2.C10H11Cl/c1-7-21(16-12-13-20(3)34-19-22-14-10-9-11-15-22)17-23(26(28-5)32-29-6)31-25(33)18-30-24(8-2)27-4;1-3-8(2)9-4-6-10(11)7-5-9/h7,9-15,23H,3,6,8,16-19H2,1-2,4-5H3,(H,27,30)(H,28,32)(H,31,33);3-7H,1-2H3/b13-12-,21-7+;8-3+. The molecule has 0 aliphatic rings. The van der Waals surface area contributed by atoms with E-state index >= 15 is 0 Å². The quantitative estimate of drug-likeness (QED) is 0.0472. The Labute approximate surface area is 274 Å². The van der Waals surface area contributed by atoms with Crippen molar-refractivity contribution >= 4 is 41.5 Å². The predicted octanol–water partition coefficient (Wildman–Crippen LogP) is 7.51. The molecule has 1 atom stereocenters. The molecule has 0 aromatic heterocycles. The number of carbonyl (C=O) groups excluding carboxylic acids is 1. The van der Waals surface area contributed by atoms with Gasteiger partial charge >= 0.3 is 0 Å². The van der Waals surface area contributed by atoms with Crippen LogP contribution < -0.4 is 16.1 Å². The van der Waals surface area contributed by atoms with E-state index in [1.807, 2.05) is 93.6 Å². The van der Waals surface area contributed by atoms with Crippen molar-refractivity contribution in [2.45, 2.75) is 59.6 Å². The molecule has 2 aromatic carbocycles. The number of ether oxygens (including phenoxy) is 1. The van der Waals surface area contributed by atoms with Gasteiger partial charge < -0.3 is 15.4 Å². The summed E-state index contributed by atoms with van der Waals surface area (Å²) >= 11 is 5.74. The number of rotatable bonds is 15. The number of hydrazone groups is 1. The number of amides is 1. The van der Waals surface area contributed by atoms with Gasteiger partial charge in [-0.3, -0.25) is 20.2 Å². The molecule has 8 nitrogen and oxygen atoms in total. The van der Waals surface area contributed by atoms with E-state index in [9.17, 15) is 4.79 Å². The third-order valence-electron chi connectivity index (χ3n) is 6.72. The number of benzene rings is 2. The van der Waals surface area contributed by atoms with Gasteiger partial charge in [-0.05, 0) is 68.5 Å². The van der Waals surface area contributed by atoms with Crippen molar-refractivity contribution in [3.63, 3.8) is 0 Å². The van der Waals surface area contributed by atoms with Gasteiger partial charge in [-0.15, -0.1) is 0 Å². The Bertz CT molecular complexity index is 1350.